The lowest BCUT2D eigenvalue weighted by Crippen LogP contribution is -2.41. The zero-order valence-electron chi connectivity index (χ0n) is 13.2. The number of hydrogen-bond donors (Lipinski definition) is 1. The molecule has 0 amide bonds. The van der Waals surface area contributed by atoms with E-state index in [2.05, 4.69) is 17.1 Å². The number of nitrogens with one attached hydrogen (secondary N) is 1. The molecule has 116 valence electrons. The summed E-state index contributed by atoms with van der Waals surface area (Å²) >= 11 is 0. The van der Waals surface area contributed by atoms with Crippen LogP contribution < -0.4 is 5.32 Å². The molecular weight excluding hydrogens is 248 g/mol. The number of hydrogen-bond acceptors (Lipinski definition) is 3. The van der Waals surface area contributed by atoms with Crippen molar-refractivity contribution in [2.75, 3.05) is 32.7 Å². The van der Waals surface area contributed by atoms with Gasteiger partial charge in [-0.1, -0.05) is 19.8 Å². The number of nitrogens with zero attached hydrogens (tertiary/aromatic N) is 1. The van der Waals surface area contributed by atoms with Gasteiger partial charge >= 0.3 is 0 Å². The first kappa shape index (κ1) is 14.8. The third-order valence-electron chi connectivity index (χ3n) is 5.68. The van der Waals surface area contributed by atoms with Crippen molar-refractivity contribution in [2.45, 2.75) is 70.0 Å². The van der Waals surface area contributed by atoms with Gasteiger partial charge in [0.05, 0.1) is 11.7 Å². The van der Waals surface area contributed by atoms with E-state index in [1.54, 1.807) is 0 Å². The second-order valence-corrected chi connectivity index (χ2v) is 7.23. The van der Waals surface area contributed by atoms with E-state index in [1.807, 2.05) is 0 Å². The molecule has 1 saturated carbocycles. The third-order valence-corrected chi connectivity index (χ3v) is 5.68. The molecule has 3 heteroatoms. The standard InChI is InChI=1S/C17H32N2O/c1-2-19(13-15-6-5-11-18-12-15)14-16-7-10-17(20-16)8-3-4-9-17/h15-16,18H,2-14H2,1H3. The maximum absolute atomic E-state index is 6.47. The predicted octanol–water partition coefficient (Wildman–Crippen LogP) is 2.80. The molecule has 2 aliphatic heterocycles. The summed E-state index contributed by atoms with van der Waals surface area (Å²) in [6.45, 7) is 8.33. The fourth-order valence-corrected chi connectivity index (χ4v) is 4.48. The lowest BCUT2D eigenvalue weighted by Gasteiger charge is -2.31. The number of rotatable bonds is 5. The van der Waals surface area contributed by atoms with E-state index < -0.39 is 0 Å². The van der Waals surface area contributed by atoms with Crippen LogP contribution in [0.3, 0.4) is 0 Å². The molecule has 3 aliphatic rings. The Morgan fingerprint density at radius 1 is 1.10 bits per heavy atom. The van der Waals surface area contributed by atoms with Crippen molar-refractivity contribution in [3.8, 4) is 0 Å². The second kappa shape index (κ2) is 6.76. The Balaban J connectivity index is 1.45. The van der Waals surface area contributed by atoms with Crippen LogP contribution in [0.1, 0.15) is 58.3 Å². The summed E-state index contributed by atoms with van der Waals surface area (Å²) in [5.41, 5.74) is 0.302. The van der Waals surface area contributed by atoms with E-state index >= 15 is 0 Å². The number of likely N-dealkylation sites (N-methyl/N-ethyl adjacent to an activating group) is 1. The third kappa shape index (κ3) is 3.55. The van der Waals surface area contributed by atoms with Gasteiger partial charge in [-0.05, 0) is 64.1 Å². The van der Waals surface area contributed by atoms with Crippen molar-refractivity contribution in [3.63, 3.8) is 0 Å². The summed E-state index contributed by atoms with van der Waals surface area (Å²) in [5, 5.41) is 3.54. The second-order valence-electron chi connectivity index (χ2n) is 7.23. The maximum Gasteiger partial charge on any atom is 0.0710 e. The Bertz CT molecular complexity index is 295. The Labute approximate surface area is 124 Å². The summed E-state index contributed by atoms with van der Waals surface area (Å²) in [4.78, 5) is 2.64. The molecule has 3 nitrogen and oxygen atoms in total. The lowest BCUT2D eigenvalue weighted by atomic mass is 9.98. The first-order valence-corrected chi connectivity index (χ1v) is 8.90. The van der Waals surface area contributed by atoms with E-state index in [0.29, 0.717) is 11.7 Å². The SMILES string of the molecule is CCN(CC1CCCNC1)CC1CCC2(CCCC2)O1. The van der Waals surface area contributed by atoms with Crippen molar-refractivity contribution in [3.05, 3.63) is 0 Å². The molecule has 1 spiro atoms. The van der Waals surface area contributed by atoms with E-state index in [-0.39, 0.29) is 0 Å². The first-order chi connectivity index (χ1) is 9.80. The van der Waals surface area contributed by atoms with Gasteiger partial charge in [0.15, 0.2) is 0 Å². The van der Waals surface area contributed by atoms with Crippen molar-refractivity contribution in [1.29, 1.82) is 0 Å². The van der Waals surface area contributed by atoms with Crippen LogP contribution in [0.5, 0.6) is 0 Å². The zero-order valence-corrected chi connectivity index (χ0v) is 13.2. The predicted molar refractivity (Wildman–Crippen MR) is 83.0 cm³/mol. The minimum atomic E-state index is 0.302. The lowest BCUT2D eigenvalue weighted by molar-refractivity contribution is -0.0481. The highest BCUT2D eigenvalue weighted by Crippen LogP contribution is 2.43. The summed E-state index contributed by atoms with van der Waals surface area (Å²) in [6, 6.07) is 0. The van der Waals surface area contributed by atoms with Gasteiger partial charge in [-0.2, -0.15) is 0 Å². The van der Waals surface area contributed by atoms with Crippen LogP contribution in [-0.4, -0.2) is 49.3 Å². The normalized spacial score (nSPS) is 33.3. The van der Waals surface area contributed by atoms with Crippen LogP contribution in [0.2, 0.25) is 0 Å². The molecule has 2 unspecified atom stereocenters. The Hall–Kier alpha value is -0.120. The quantitative estimate of drug-likeness (QED) is 0.838. The summed E-state index contributed by atoms with van der Waals surface area (Å²) < 4.78 is 6.47. The topological polar surface area (TPSA) is 24.5 Å². The van der Waals surface area contributed by atoms with Crippen LogP contribution in [0.15, 0.2) is 0 Å². The van der Waals surface area contributed by atoms with Gasteiger partial charge in [0, 0.05) is 13.1 Å². The average Bonchev–Trinajstić information content (AvgIpc) is 3.10. The molecule has 2 saturated heterocycles. The molecule has 0 radical (unpaired) electrons. The molecule has 3 fully saturated rings. The highest BCUT2D eigenvalue weighted by molar-refractivity contribution is 4.93. The van der Waals surface area contributed by atoms with E-state index in [1.165, 1.54) is 77.5 Å². The minimum Gasteiger partial charge on any atom is -0.370 e. The van der Waals surface area contributed by atoms with E-state index in [9.17, 15) is 0 Å². The van der Waals surface area contributed by atoms with Crippen molar-refractivity contribution < 1.29 is 4.74 Å². The van der Waals surface area contributed by atoms with Gasteiger partial charge < -0.3 is 15.0 Å². The maximum atomic E-state index is 6.47. The Morgan fingerprint density at radius 3 is 2.65 bits per heavy atom. The smallest absolute Gasteiger partial charge is 0.0710 e. The van der Waals surface area contributed by atoms with Crippen molar-refractivity contribution >= 4 is 0 Å². The molecule has 0 aromatic rings. The molecule has 1 aliphatic carbocycles. The van der Waals surface area contributed by atoms with Gasteiger partial charge in [0.1, 0.15) is 0 Å². The zero-order chi connectivity index (χ0) is 13.8. The summed E-state index contributed by atoms with van der Waals surface area (Å²) in [5.74, 6) is 0.852. The first-order valence-electron chi connectivity index (χ1n) is 8.90. The largest absolute Gasteiger partial charge is 0.370 e. The van der Waals surface area contributed by atoms with Crippen molar-refractivity contribution in [2.24, 2.45) is 5.92 Å². The Morgan fingerprint density at radius 2 is 1.95 bits per heavy atom. The molecule has 0 aromatic heterocycles. The number of piperidine rings is 1. The van der Waals surface area contributed by atoms with Gasteiger partial charge in [-0.3, -0.25) is 0 Å². The van der Waals surface area contributed by atoms with Crippen LogP contribution in [0.4, 0.5) is 0 Å². The van der Waals surface area contributed by atoms with E-state index in [0.717, 1.165) is 12.5 Å². The molecule has 20 heavy (non-hydrogen) atoms. The molecular formula is C17H32N2O. The fourth-order valence-electron chi connectivity index (χ4n) is 4.48. The highest BCUT2D eigenvalue weighted by Gasteiger charge is 2.42. The monoisotopic (exact) mass is 280 g/mol. The molecule has 2 heterocycles. The van der Waals surface area contributed by atoms with Gasteiger partial charge in [-0.15, -0.1) is 0 Å². The van der Waals surface area contributed by atoms with Gasteiger partial charge in [0.25, 0.3) is 0 Å². The molecule has 0 bridgehead atoms. The van der Waals surface area contributed by atoms with Crippen LogP contribution >= 0.6 is 0 Å². The van der Waals surface area contributed by atoms with Crippen LogP contribution in [-0.2, 0) is 4.74 Å². The molecule has 2 atom stereocenters. The van der Waals surface area contributed by atoms with Gasteiger partial charge in [0.2, 0.25) is 0 Å². The Kier molecular flexibility index (Phi) is 5.00. The fraction of sp³-hybridized carbons (Fsp3) is 1.00. The van der Waals surface area contributed by atoms with Gasteiger partial charge in [-0.25, -0.2) is 0 Å². The summed E-state index contributed by atoms with van der Waals surface area (Å²) in [7, 11) is 0. The number of ether oxygens (including phenoxy) is 1. The van der Waals surface area contributed by atoms with Crippen LogP contribution in [0.25, 0.3) is 0 Å². The molecule has 1 N–H and O–H groups in total. The average molecular weight is 280 g/mol. The molecule has 0 aromatic carbocycles. The minimum absolute atomic E-state index is 0.302. The van der Waals surface area contributed by atoms with Crippen LogP contribution in [0, 0.1) is 5.92 Å². The summed E-state index contributed by atoms with van der Waals surface area (Å²) in [6.07, 6.45) is 11.3. The highest BCUT2D eigenvalue weighted by atomic mass is 16.5. The van der Waals surface area contributed by atoms with Crippen molar-refractivity contribution in [1.82, 2.24) is 10.2 Å². The molecule has 3 rings (SSSR count). The van der Waals surface area contributed by atoms with E-state index in [4.69, 9.17) is 4.74 Å².